The van der Waals surface area contributed by atoms with Gasteiger partial charge >= 0.3 is 0 Å². The Morgan fingerprint density at radius 1 is 1.29 bits per heavy atom. The molecule has 0 spiro atoms. The number of anilines is 1. The normalized spacial score (nSPS) is 15.9. The molecule has 1 fully saturated rings. The molecule has 0 heterocycles. The van der Waals surface area contributed by atoms with Crippen LogP contribution in [0.3, 0.4) is 0 Å². The van der Waals surface area contributed by atoms with Crippen LogP contribution in [0, 0.1) is 0 Å². The highest BCUT2D eigenvalue weighted by molar-refractivity contribution is 7.99. The molecule has 1 aliphatic carbocycles. The summed E-state index contributed by atoms with van der Waals surface area (Å²) in [4.78, 5) is 11.7. The standard InChI is InChI=1S/C17H26N2OS/c18-11-5-10-17(20)19-15-7-4-6-14(12-15)13-21-16-8-2-1-3-9-16/h4,6-7,12,16H,1-3,5,8-11,13,18H2,(H,19,20). The first-order valence-electron chi connectivity index (χ1n) is 7.98. The zero-order chi connectivity index (χ0) is 14.9. The van der Waals surface area contributed by atoms with Crippen LogP contribution in [0.25, 0.3) is 0 Å². The van der Waals surface area contributed by atoms with E-state index in [9.17, 15) is 4.79 Å². The molecule has 1 saturated carbocycles. The number of hydrogen-bond donors (Lipinski definition) is 2. The molecule has 21 heavy (non-hydrogen) atoms. The molecule has 1 aliphatic rings. The first kappa shape index (κ1) is 16.4. The molecule has 2 rings (SSSR count). The van der Waals surface area contributed by atoms with Gasteiger partial charge in [-0.3, -0.25) is 4.79 Å². The summed E-state index contributed by atoms with van der Waals surface area (Å²) in [6.07, 6.45) is 8.13. The van der Waals surface area contributed by atoms with Gasteiger partial charge in [-0.2, -0.15) is 11.8 Å². The molecule has 0 atom stereocenters. The Morgan fingerprint density at radius 3 is 2.86 bits per heavy atom. The molecule has 0 bridgehead atoms. The smallest absolute Gasteiger partial charge is 0.224 e. The van der Waals surface area contributed by atoms with Gasteiger partial charge in [-0.15, -0.1) is 0 Å². The molecule has 0 aromatic heterocycles. The van der Waals surface area contributed by atoms with Crippen LogP contribution < -0.4 is 11.1 Å². The minimum atomic E-state index is 0.0533. The highest BCUT2D eigenvalue weighted by atomic mass is 32.2. The molecule has 3 nitrogen and oxygen atoms in total. The Labute approximate surface area is 132 Å². The van der Waals surface area contributed by atoms with E-state index in [1.165, 1.54) is 37.7 Å². The van der Waals surface area contributed by atoms with Crippen molar-refractivity contribution in [2.45, 2.75) is 55.9 Å². The summed E-state index contributed by atoms with van der Waals surface area (Å²) >= 11 is 2.06. The Kier molecular flexibility index (Phi) is 7.10. The van der Waals surface area contributed by atoms with E-state index < -0.39 is 0 Å². The number of rotatable bonds is 7. The molecule has 0 saturated heterocycles. The van der Waals surface area contributed by atoms with Crippen molar-refractivity contribution in [3.05, 3.63) is 29.8 Å². The van der Waals surface area contributed by atoms with Crippen molar-refractivity contribution >= 4 is 23.4 Å². The lowest BCUT2D eigenvalue weighted by Crippen LogP contribution is -2.13. The fraction of sp³-hybridized carbons (Fsp3) is 0.588. The molecule has 116 valence electrons. The van der Waals surface area contributed by atoms with Crippen molar-refractivity contribution in [2.75, 3.05) is 11.9 Å². The summed E-state index contributed by atoms with van der Waals surface area (Å²) in [5, 5.41) is 3.77. The minimum absolute atomic E-state index is 0.0533. The highest BCUT2D eigenvalue weighted by Crippen LogP contribution is 2.30. The maximum absolute atomic E-state index is 11.7. The number of thioether (sulfide) groups is 1. The number of carbonyl (C=O) groups excluding carboxylic acids is 1. The molecule has 0 unspecified atom stereocenters. The number of hydrogen-bond acceptors (Lipinski definition) is 3. The van der Waals surface area contributed by atoms with E-state index in [1.807, 2.05) is 12.1 Å². The largest absolute Gasteiger partial charge is 0.330 e. The van der Waals surface area contributed by atoms with Crippen molar-refractivity contribution < 1.29 is 4.79 Å². The molecular formula is C17H26N2OS. The van der Waals surface area contributed by atoms with Crippen LogP contribution in [0.4, 0.5) is 5.69 Å². The first-order chi connectivity index (χ1) is 10.3. The van der Waals surface area contributed by atoms with Gasteiger partial charge in [0, 0.05) is 23.1 Å². The molecular weight excluding hydrogens is 280 g/mol. The minimum Gasteiger partial charge on any atom is -0.330 e. The molecule has 3 N–H and O–H groups in total. The maximum Gasteiger partial charge on any atom is 0.224 e. The Hall–Kier alpha value is -1.00. The van der Waals surface area contributed by atoms with Crippen molar-refractivity contribution in [3.8, 4) is 0 Å². The summed E-state index contributed by atoms with van der Waals surface area (Å²) in [7, 11) is 0. The van der Waals surface area contributed by atoms with Crippen LogP contribution in [0.2, 0.25) is 0 Å². The number of nitrogens with one attached hydrogen (secondary N) is 1. The third-order valence-electron chi connectivity index (χ3n) is 3.86. The highest BCUT2D eigenvalue weighted by Gasteiger charge is 2.13. The van der Waals surface area contributed by atoms with Crippen molar-refractivity contribution in [3.63, 3.8) is 0 Å². The molecule has 0 aliphatic heterocycles. The maximum atomic E-state index is 11.7. The number of nitrogens with two attached hydrogens (primary N) is 1. The van der Waals surface area contributed by atoms with Crippen molar-refractivity contribution in [2.24, 2.45) is 5.73 Å². The second kappa shape index (κ2) is 9.11. The van der Waals surface area contributed by atoms with Crippen molar-refractivity contribution in [1.29, 1.82) is 0 Å². The van der Waals surface area contributed by atoms with Crippen molar-refractivity contribution in [1.82, 2.24) is 0 Å². The Bertz CT molecular complexity index is 444. The second-order valence-corrected chi connectivity index (χ2v) is 7.00. The molecule has 1 aromatic rings. The second-order valence-electron chi connectivity index (χ2n) is 5.71. The van der Waals surface area contributed by atoms with Crippen LogP contribution in [0.5, 0.6) is 0 Å². The van der Waals surface area contributed by atoms with Crippen LogP contribution >= 0.6 is 11.8 Å². The summed E-state index contributed by atoms with van der Waals surface area (Å²) in [5.41, 5.74) is 7.62. The lowest BCUT2D eigenvalue weighted by molar-refractivity contribution is -0.116. The Morgan fingerprint density at radius 2 is 2.10 bits per heavy atom. The van der Waals surface area contributed by atoms with Crippen LogP contribution in [-0.2, 0) is 10.5 Å². The van der Waals surface area contributed by atoms with Gasteiger partial charge in [-0.1, -0.05) is 31.4 Å². The van der Waals surface area contributed by atoms with E-state index in [1.54, 1.807) is 0 Å². The first-order valence-corrected chi connectivity index (χ1v) is 9.03. The summed E-state index contributed by atoms with van der Waals surface area (Å²) in [6.45, 7) is 0.561. The van der Waals surface area contributed by atoms with E-state index in [0.717, 1.165) is 23.1 Å². The van der Waals surface area contributed by atoms with Gasteiger partial charge in [0.15, 0.2) is 0 Å². The average Bonchev–Trinajstić information content (AvgIpc) is 2.52. The molecule has 1 aromatic carbocycles. The van der Waals surface area contributed by atoms with E-state index in [0.29, 0.717) is 13.0 Å². The lowest BCUT2D eigenvalue weighted by atomic mass is 10.0. The fourth-order valence-corrected chi connectivity index (χ4v) is 3.95. The van der Waals surface area contributed by atoms with Crippen LogP contribution in [0.1, 0.15) is 50.5 Å². The summed E-state index contributed by atoms with van der Waals surface area (Å²) < 4.78 is 0. The SMILES string of the molecule is NCCCC(=O)Nc1cccc(CSC2CCCCC2)c1. The average molecular weight is 306 g/mol. The zero-order valence-electron chi connectivity index (χ0n) is 12.6. The third-order valence-corrected chi connectivity index (χ3v) is 5.30. The monoisotopic (exact) mass is 306 g/mol. The number of amides is 1. The van der Waals surface area contributed by atoms with Crippen LogP contribution in [0.15, 0.2) is 24.3 Å². The summed E-state index contributed by atoms with van der Waals surface area (Å²) in [6, 6.07) is 8.21. The number of benzene rings is 1. The van der Waals surface area contributed by atoms with Gasteiger partial charge in [0.2, 0.25) is 5.91 Å². The van der Waals surface area contributed by atoms with Gasteiger partial charge in [0.05, 0.1) is 0 Å². The Balaban J connectivity index is 1.80. The molecule has 0 radical (unpaired) electrons. The predicted molar refractivity (Wildman–Crippen MR) is 91.5 cm³/mol. The quantitative estimate of drug-likeness (QED) is 0.802. The zero-order valence-corrected chi connectivity index (χ0v) is 13.5. The van der Waals surface area contributed by atoms with Gasteiger partial charge in [-0.25, -0.2) is 0 Å². The van der Waals surface area contributed by atoms with Crippen LogP contribution in [-0.4, -0.2) is 17.7 Å². The fourth-order valence-electron chi connectivity index (χ4n) is 2.67. The van der Waals surface area contributed by atoms with E-state index in [2.05, 4.69) is 29.2 Å². The van der Waals surface area contributed by atoms with E-state index in [4.69, 9.17) is 5.73 Å². The lowest BCUT2D eigenvalue weighted by Gasteiger charge is -2.21. The topological polar surface area (TPSA) is 55.1 Å². The van der Waals surface area contributed by atoms with Gasteiger partial charge in [0.25, 0.3) is 0 Å². The molecule has 1 amide bonds. The number of carbonyl (C=O) groups is 1. The predicted octanol–water partition coefficient (Wildman–Crippen LogP) is 3.93. The van der Waals surface area contributed by atoms with E-state index >= 15 is 0 Å². The summed E-state index contributed by atoms with van der Waals surface area (Å²) in [5.74, 6) is 1.09. The van der Waals surface area contributed by atoms with E-state index in [-0.39, 0.29) is 5.91 Å². The third kappa shape index (κ3) is 6.10. The van der Waals surface area contributed by atoms with Gasteiger partial charge in [-0.05, 0) is 43.5 Å². The van der Waals surface area contributed by atoms with Gasteiger partial charge < -0.3 is 11.1 Å². The van der Waals surface area contributed by atoms with Gasteiger partial charge in [0.1, 0.15) is 0 Å². The molecule has 4 heteroatoms.